The molecule has 0 spiro atoms. The molecule has 0 atom stereocenters. The van der Waals surface area contributed by atoms with Gasteiger partial charge < -0.3 is 29.2 Å². The van der Waals surface area contributed by atoms with Gasteiger partial charge in [-0.25, -0.2) is 26.3 Å². The molecule has 0 amide bonds. The Morgan fingerprint density at radius 1 is 0.400 bits per heavy atom. The molecule has 0 aromatic heterocycles. The van der Waals surface area contributed by atoms with Crippen LogP contribution in [0.3, 0.4) is 0 Å². The van der Waals surface area contributed by atoms with Crippen molar-refractivity contribution in [3.05, 3.63) is 215 Å². The van der Waals surface area contributed by atoms with Crippen molar-refractivity contribution in [2.24, 2.45) is 0 Å². The minimum atomic E-state index is -1.03. The molecule has 0 aliphatic carbocycles. The van der Waals surface area contributed by atoms with Gasteiger partial charge in [-0.1, -0.05) is 107 Å². The van der Waals surface area contributed by atoms with Crippen LogP contribution in [0.2, 0.25) is 0 Å². The van der Waals surface area contributed by atoms with E-state index < -0.39 is 29.1 Å². The van der Waals surface area contributed by atoms with Gasteiger partial charge in [-0.3, -0.25) is 0 Å². The van der Waals surface area contributed by atoms with Crippen LogP contribution in [-0.2, 0) is 18.5 Å². The van der Waals surface area contributed by atoms with Gasteiger partial charge in [0.2, 0.25) is 0 Å². The van der Waals surface area contributed by atoms with E-state index in [9.17, 15) is 26.3 Å². The number of phenols is 2. The van der Waals surface area contributed by atoms with E-state index in [2.05, 4.69) is 32.8 Å². The van der Waals surface area contributed by atoms with Crippen molar-refractivity contribution in [2.75, 3.05) is 14.2 Å². The van der Waals surface area contributed by atoms with Gasteiger partial charge in [-0.2, -0.15) is 0 Å². The van der Waals surface area contributed by atoms with E-state index in [1.165, 1.54) is 50.1 Å². The summed E-state index contributed by atoms with van der Waals surface area (Å²) in [6, 6.07) is 43.8. The third-order valence-electron chi connectivity index (χ3n) is 7.55. The number of aromatic hydroxyl groups is 2. The van der Waals surface area contributed by atoms with Gasteiger partial charge in [0.25, 0.3) is 0 Å². The van der Waals surface area contributed by atoms with Crippen LogP contribution < -0.4 is 18.9 Å². The molecule has 6 nitrogen and oxygen atoms in total. The van der Waals surface area contributed by atoms with Crippen molar-refractivity contribution in [1.82, 2.24) is 0 Å². The second-order valence-electron chi connectivity index (χ2n) is 12.0. The van der Waals surface area contributed by atoms with E-state index in [1.54, 1.807) is 6.07 Å². The second-order valence-corrected chi connectivity index (χ2v) is 12.5. The summed E-state index contributed by atoms with van der Waals surface area (Å²) in [5, 5.41) is 18.3. The fourth-order valence-corrected chi connectivity index (χ4v) is 4.85. The largest absolute Gasteiger partial charge is 0.508 e. The molecule has 7 aromatic carbocycles. The zero-order chi connectivity index (χ0) is 43.7. The van der Waals surface area contributed by atoms with Crippen molar-refractivity contribution in [2.45, 2.75) is 18.5 Å². The van der Waals surface area contributed by atoms with Crippen LogP contribution in [0.15, 0.2) is 164 Å². The van der Waals surface area contributed by atoms with Crippen LogP contribution in [0, 0.1) is 34.9 Å². The number of hydrogen-bond acceptors (Lipinski definition) is 6. The number of alkyl halides is 1. The van der Waals surface area contributed by atoms with E-state index >= 15 is 0 Å². The summed E-state index contributed by atoms with van der Waals surface area (Å²) >= 11 is 3.36. The Kier molecular flexibility index (Phi) is 21.0. The molecule has 0 fully saturated rings. The van der Waals surface area contributed by atoms with E-state index in [0.29, 0.717) is 24.7 Å². The number of halogens is 7. The highest BCUT2D eigenvalue weighted by molar-refractivity contribution is 9.08. The molecule has 0 saturated carbocycles. The molecule has 13 heteroatoms. The molecular formula is C47H41BrF6O6. The molecule has 314 valence electrons. The Morgan fingerprint density at radius 3 is 1.15 bits per heavy atom. The highest BCUT2D eigenvalue weighted by Gasteiger charge is 2.05. The fraction of sp³-hybridized carbons (Fsp3) is 0.106. The normalized spacial score (nSPS) is 9.75. The third kappa shape index (κ3) is 17.9. The predicted molar refractivity (Wildman–Crippen MR) is 223 cm³/mol. The van der Waals surface area contributed by atoms with Crippen LogP contribution in [0.5, 0.6) is 34.5 Å². The summed E-state index contributed by atoms with van der Waals surface area (Å²) in [5.74, 6) is -3.72. The van der Waals surface area contributed by atoms with Gasteiger partial charge in [0.1, 0.15) is 36.2 Å². The maximum atomic E-state index is 13.2. The van der Waals surface area contributed by atoms with E-state index in [-0.39, 0.29) is 28.8 Å². The summed E-state index contributed by atoms with van der Waals surface area (Å²) in [6.07, 6.45) is 0. The number of benzene rings is 7. The molecule has 7 rings (SSSR count). The van der Waals surface area contributed by atoms with Crippen molar-refractivity contribution >= 4 is 15.9 Å². The van der Waals surface area contributed by atoms with Crippen LogP contribution in [0.4, 0.5) is 26.3 Å². The third-order valence-corrected chi connectivity index (χ3v) is 8.19. The number of phenolic OH excluding ortho intramolecular Hbond substituents is 2. The number of hydrogen-bond donors (Lipinski definition) is 2. The monoisotopic (exact) mass is 894 g/mol. The minimum absolute atomic E-state index is 0.00162. The first-order valence-corrected chi connectivity index (χ1v) is 18.9. The molecule has 0 heterocycles. The zero-order valence-electron chi connectivity index (χ0n) is 32.4. The lowest BCUT2D eigenvalue weighted by Crippen LogP contribution is -1.96. The molecule has 0 bridgehead atoms. The van der Waals surface area contributed by atoms with Crippen molar-refractivity contribution in [3.8, 4) is 34.5 Å². The van der Waals surface area contributed by atoms with Gasteiger partial charge in [-0.15, -0.1) is 0 Å². The molecule has 60 heavy (non-hydrogen) atoms. The Morgan fingerprint density at radius 2 is 0.767 bits per heavy atom. The lowest BCUT2D eigenvalue weighted by atomic mass is 10.2. The Labute approximate surface area is 353 Å². The maximum absolute atomic E-state index is 13.2. The number of methoxy groups -OCH3 is 2. The van der Waals surface area contributed by atoms with Crippen LogP contribution in [0.1, 0.15) is 16.7 Å². The molecule has 0 aliphatic heterocycles. The average molecular weight is 896 g/mol. The molecule has 2 N–H and O–H groups in total. The summed E-state index contributed by atoms with van der Waals surface area (Å²) in [5.41, 5.74) is 3.37. The maximum Gasteiger partial charge on any atom is 0.165 e. The van der Waals surface area contributed by atoms with Gasteiger partial charge >= 0.3 is 0 Å². The van der Waals surface area contributed by atoms with Gasteiger partial charge in [0.15, 0.2) is 46.4 Å². The molecule has 0 aliphatic rings. The van der Waals surface area contributed by atoms with Crippen LogP contribution in [0.25, 0.3) is 0 Å². The SMILES string of the molecule is BrCc1ccccc1.COc1cc(O)ccc1F.COc1cc(OCc2ccccc2)ccc1F.Fc1ccc(OCc2ccccc2)cc1F.Oc1ccc(F)c(F)c1. The molecule has 7 aromatic rings. The quantitative estimate of drug-likeness (QED) is 0.111. The Bertz CT molecular complexity index is 2290. The zero-order valence-corrected chi connectivity index (χ0v) is 34.0. The first-order valence-electron chi connectivity index (χ1n) is 17.8. The van der Waals surface area contributed by atoms with Gasteiger partial charge in [-0.05, 0) is 65.2 Å². The van der Waals surface area contributed by atoms with Crippen LogP contribution >= 0.6 is 15.9 Å². The minimum Gasteiger partial charge on any atom is -0.508 e. The molecular weight excluding hydrogens is 854 g/mol. The Balaban J connectivity index is 0.000000207. The standard InChI is InChI=1S/C14H13FO2.C13H10F2O.C7H7Br.C7H7FO2.C6H4F2O/c1-16-14-9-12(7-8-13(14)15)17-10-11-5-3-2-4-6-11;14-12-7-6-11(8-13(12)15)16-9-10-4-2-1-3-5-10;8-6-7-4-2-1-3-5-7;1-10-7-4-5(9)2-3-6(7)8;7-5-2-1-4(9)3-6(5)8/h2-9H,10H2,1H3;1-8H,9H2;1-5H,6H2;2-4,9H,1H3;1-3,9H. The lowest BCUT2D eigenvalue weighted by Gasteiger charge is -2.08. The summed E-state index contributed by atoms with van der Waals surface area (Å²) < 4.78 is 95.6. The number of ether oxygens (including phenoxy) is 4. The van der Waals surface area contributed by atoms with Crippen molar-refractivity contribution in [1.29, 1.82) is 0 Å². The summed E-state index contributed by atoms with van der Waals surface area (Å²) in [7, 11) is 2.78. The second kappa shape index (κ2) is 26.4. The van der Waals surface area contributed by atoms with Gasteiger partial charge in [0, 0.05) is 29.6 Å². The molecule has 0 unspecified atom stereocenters. The smallest absolute Gasteiger partial charge is 0.165 e. The highest BCUT2D eigenvalue weighted by atomic mass is 79.9. The molecule has 0 saturated heterocycles. The van der Waals surface area contributed by atoms with E-state index in [4.69, 9.17) is 24.4 Å². The predicted octanol–water partition coefficient (Wildman–Crippen LogP) is 12.7. The van der Waals surface area contributed by atoms with Crippen molar-refractivity contribution < 1.29 is 55.5 Å². The Hall–Kier alpha value is -6.60. The average Bonchev–Trinajstić information content (AvgIpc) is 3.28. The highest BCUT2D eigenvalue weighted by Crippen LogP contribution is 2.24. The lowest BCUT2D eigenvalue weighted by molar-refractivity contribution is 0.301. The van der Waals surface area contributed by atoms with E-state index in [0.717, 1.165) is 52.9 Å². The fourth-order valence-electron chi connectivity index (χ4n) is 4.48. The first kappa shape index (κ1) is 47.8. The van der Waals surface area contributed by atoms with Crippen LogP contribution in [-0.4, -0.2) is 24.4 Å². The van der Waals surface area contributed by atoms with Crippen molar-refractivity contribution in [3.63, 3.8) is 0 Å². The van der Waals surface area contributed by atoms with Gasteiger partial charge in [0.05, 0.1) is 14.2 Å². The molecule has 0 radical (unpaired) electrons. The summed E-state index contributed by atoms with van der Waals surface area (Å²) in [6.45, 7) is 0.793. The summed E-state index contributed by atoms with van der Waals surface area (Å²) in [4.78, 5) is 0. The first-order chi connectivity index (χ1) is 28.9. The van der Waals surface area contributed by atoms with E-state index in [1.807, 2.05) is 78.9 Å². The topological polar surface area (TPSA) is 77.4 Å². The number of rotatable bonds is 9.